The van der Waals surface area contributed by atoms with Crippen molar-refractivity contribution in [1.29, 1.82) is 0 Å². The van der Waals surface area contributed by atoms with Gasteiger partial charge in [-0.3, -0.25) is 4.79 Å². The second-order valence-corrected chi connectivity index (χ2v) is 5.29. The minimum absolute atomic E-state index is 0.00761. The number of hydrogen-bond donors (Lipinski definition) is 1. The molecule has 1 aliphatic heterocycles. The third-order valence-corrected chi connectivity index (χ3v) is 3.80. The fraction of sp³-hybridized carbons (Fsp3) is 0.235. The van der Waals surface area contributed by atoms with Gasteiger partial charge in [0.2, 0.25) is 5.91 Å². The van der Waals surface area contributed by atoms with Gasteiger partial charge < -0.3 is 10.2 Å². The Morgan fingerprint density at radius 2 is 2.00 bits per heavy atom. The molecule has 2 aromatic carbocycles. The van der Waals surface area contributed by atoms with E-state index >= 15 is 0 Å². The Kier molecular flexibility index (Phi) is 4.04. The highest BCUT2D eigenvalue weighted by Crippen LogP contribution is 2.27. The van der Waals surface area contributed by atoms with Crippen LogP contribution in [0.15, 0.2) is 42.5 Å². The molecule has 0 bridgehead atoms. The predicted molar refractivity (Wildman–Crippen MR) is 82.0 cm³/mol. The fourth-order valence-corrected chi connectivity index (χ4v) is 2.68. The highest BCUT2D eigenvalue weighted by atomic mass is 19.1. The number of benzene rings is 2. The second-order valence-electron chi connectivity index (χ2n) is 5.29. The van der Waals surface area contributed by atoms with Crippen LogP contribution in [0.3, 0.4) is 0 Å². The number of nitrogens with one attached hydrogen (secondary N) is 1. The largest absolute Gasteiger partial charge is 0.370 e. The monoisotopic (exact) mass is 302 g/mol. The van der Waals surface area contributed by atoms with Crippen LogP contribution in [0.5, 0.6) is 0 Å². The van der Waals surface area contributed by atoms with Gasteiger partial charge in [0.1, 0.15) is 11.6 Å². The first kappa shape index (κ1) is 14.5. The minimum Gasteiger partial charge on any atom is -0.370 e. The van der Waals surface area contributed by atoms with Crippen molar-refractivity contribution in [2.75, 3.05) is 23.3 Å². The first-order valence-corrected chi connectivity index (χ1v) is 7.21. The number of halogens is 2. The zero-order chi connectivity index (χ0) is 15.5. The standard InChI is InChI=1S/C17H16F2N2O/c18-13-5-6-15(14(19)11-13)20-17(22)8-10-21-9-7-12-3-1-2-4-16(12)21/h1-6,11H,7-10H2,(H,20,22). The molecule has 0 saturated heterocycles. The number of fused-ring (bicyclic) bond motifs is 1. The van der Waals surface area contributed by atoms with E-state index < -0.39 is 11.6 Å². The molecule has 0 fully saturated rings. The van der Waals surface area contributed by atoms with Gasteiger partial charge in [0.25, 0.3) is 0 Å². The molecule has 0 aliphatic carbocycles. The van der Waals surface area contributed by atoms with Gasteiger partial charge in [-0.05, 0) is 30.2 Å². The lowest BCUT2D eigenvalue weighted by Crippen LogP contribution is -2.26. The van der Waals surface area contributed by atoms with Crippen LogP contribution < -0.4 is 10.2 Å². The van der Waals surface area contributed by atoms with E-state index in [2.05, 4.69) is 16.3 Å². The average molecular weight is 302 g/mol. The number of anilines is 2. The molecular weight excluding hydrogens is 286 g/mol. The number of para-hydroxylation sites is 1. The normalized spacial score (nSPS) is 13.1. The molecule has 114 valence electrons. The molecular formula is C17H16F2N2O. The number of hydrogen-bond acceptors (Lipinski definition) is 2. The molecule has 5 heteroatoms. The molecule has 2 aromatic rings. The summed E-state index contributed by atoms with van der Waals surface area (Å²) < 4.78 is 26.3. The average Bonchev–Trinajstić information content (AvgIpc) is 2.91. The lowest BCUT2D eigenvalue weighted by atomic mass is 10.2. The van der Waals surface area contributed by atoms with Crippen molar-refractivity contribution in [1.82, 2.24) is 0 Å². The molecule has 0 saturated carbocycles. The maximum Gasteiger partial charge on any atom is 0.226 e. The Morgan fingerprint density at radius 3 is 2.82 bits per heavy atom. The van der Waals surface area contributed by atoms with Crippen LogP contribution in [0.25, 0.3) is 0 Å². The van der Waals surface area contributed by atoms with Crippen LogP contribution in [0.1, 0.15) is 12.0 Å². The summed E-state index contributed by atoms with van der Waals surface area (Å²) in [5.74, 6) is -1.71. The third kappa shape index (κ3) is 3.08. The van der Waals surface area contributed by atoms with Gasteiger partial charge in [0.15, 0.2) is 0 Å². The molecule has 22 heavy (non-hydrogen) atoms. The van der Waals surface area contributed by atoms with E-state index in [1.54, 1.807) is 0 Å². The van der Waals surface area contributed by atoms with Gasteiger partial charge in [-0.15, -0.1) is 0 Å². The second kappa shape index (κ2) is 6.13. The zero-order valence-electron chi connectivity index (χ0n) is 12.0. The van der Waals surface area contributed by atoms with Crippen LogP contribution >= 0.6 is 0 Å². The summed E-state index contributed by atoms with van der Waals surface area (Å²) in [7, 11) is 0. The molecule has 0 aromatic heterocycles. The molecule has 0 unspecified atom stereocenters. The van der Waals surface area contributed by atoms with Gasteiger partial charge in [0.05, 0.1) is 5.69 Å². The zero-order valence-corrected chi connectivity index (χ0v) is 12.0. The van der Waals surface area contributed by atoms with Crippen molar-refractivity contribution in [2.24, 2.45) is 0 Å². The molecule has 3 rings (SSSR count). The Balaban J connectivity index is 1.57. The van der Waals surface area contributed by atoms with Gasteiger partial charge in [-0.25, -0.2) is 8.78 Å². The summed E-state index contributed by atoms with van der Waals surface area (Å²) in [4.78, 5) is 14.1. The summed E-state index contributed by atoms with van der Waals surface area (Å²) in [6.07, 6.45) is 1.23. The van der Waals surface area contributed by atoms with E-state index in [0.29, 0.717) is 6.54 Å². The van der Waals surface area contributed by atoms with Crippen LogP contribution in [0, 0.1) is 11.6 Å². The first-order chi connectivity index (χ1) is 10.6. The van der Waals surface area contributed by atoms with Crippen LogP contribution in [0.4, 0.5) is 20.2 Å². The maximum absolute atomic E-state index is 13.5. The molecule has 0 spiro atoms. The SMILES string of the molecule is O=C(CCN1CCc2ccccc21)Nc1ccc(F)cc1F. The smallest absolute Gasteiger partial charge is 0.226 e. The van der Waals surface area contributed by atoms with E-state index in [0.717, 1.165) is 30.8 Å². The first-order valence-electron chi connectivity index (χ1n) is 7.21. The Hall–Kier alpha value is -2.43. The Labute approximate surface area is 127 Å². The number of rotatable bonds is 4. The number of carbonyl (C=O) groups excluding carboxylic acids is 1. The van der Waals surface area contributed by atoms with Gasteiger partial charge in [0, 0.05) is 31.3 Å². The van der Waals surface area contributed by atoms with Crippen molar-refractivity contribution >= 4 is 17.3 Å². The van der Waals surface area contributed by atoms with Gasteiger partial charge >= 0.3 is 0 Å². The lowest BCUT2D eigenvalue weighted by Gasteiger charge is -2.19. The molecule has 1 amide bonds. The lowest BCUT2D eigenvalue weighted by molar-refractivity contribution is -0.116. The topological polar surface area (TPSA) is 32.3 Å². The van der Waals surface area contributed by atoms with E-state index in [9.17, 15) is 13.6 Å². The van der Waals surface area contributed by atoms with E-state index in [1.165, 1.54) is 11.6 Å². The van der Waals surface area contributed by atoms with Crippen molar-refractivity contribution in [3.63, 3.8) is 0 Å². The van der Waals surface area contributed by atoms with Crippen molar-refractivity contribution < 1.29 is 13.6 Å². The van der Waals surface area contributed by atoms with Crippen LogP contribution in [-0.2, 0) is 11.2 Å². The third-order valence-electron chi connectivity index (χ3n) is 3.80. The molecule has 1 N–H and O–H groups in total. The summed E-state index contributed by atoms with van der Waals surface area (Å²) in [5, 5.41) is 2.48. The van der Waals surface area contributed by atoms with Crippen molar-refractivity contribution in [3.05, 3.63) is 59.7 Å². The Morgan fingerprint density at radius 1 is 1.18 bits per heavy atom. The highest BCUT2D eigenvalue weighted by Gasteiger charge is 2.19. The summed E-state index contributed by atoms with van der Waals surface area (Å²) in [6, 6.07) is 11.2. The summed E-state index contributed by atoms with van der Waals surface area (Å²) in [5.41, 5.74) is 2.45. The number of amides is 1. The summed E-state index contributed by atoms with van der Waals surface area (Å²) in [6.45, 7) is 1.46. The van der Waals surface area contributed by atoms with Crippen molar-refractivity contribution in [3.8, 4) is 0 Å². The quantitative estimate of drug-likeness (QED) is 0.939. The highest BCUT2D eigenvalue weighted by molar-refractivity contribution is 5.91. The van der Waals surface area contributed by atoms with Crippen LogP contribution in [0.2, 0.25) is 0 Å². The van der Waals surface area contributed by atoms with Crippen molar-refractivity contribution in [2.45, 2.75) is 12.8 Å². The molecule has 1 heterocycles. The predicted octanol–water partition coefficient (Wildman–Crippen LogP) is 3.36. The fourth-order valence-electron chi connectivity index (χ4n) is 2.68. The van der Waals surface area contributed by atoms with E-state index in [1.807, 2.05) is 18.2 Å². The van der Waals surface area contributed by atoms with E-state index in [4.69, 9.17) is 0 Å². The number of nitrogens with zero attached hydrogens (tertiary/aromatic N) is 1. The molecule has 1 aliphatic rings. The molecule has 3 nitrogen and oxygen atoms in total. The maximum atomic E-state index is 13.5. The number of carbonyl (C=O) groups is 1. The Bertz CT molecular complexity index is 703. The van der Waals surface area contributed by atoms with Gasteiger partial charge in [-0.2, -0.15) is 0 Å². The van der Waals surface area contributed by atoms with E-state index in [-0.39, 0.29) is 18.0 Å². The van der Waals surface area contributed by atoms with Gasteiger partial charge in [-0.1, -0.05) is 18.2 Å². The molecule has 0 radical (unpaired) electrons. The summed E-state index contributed by atoms with van der Waals surface area (Å²) >= 11 is 0. The van der Waals surface area contributed by atoms with Crippen LogP contribution in [-0.4, -0.2) is 19.0 Å². The minimum atomic E-state index is -0.764. The molecule has 0 atom stereocenters.